The van der Waals surface area contributed by atoms with Crippen LogP contribution >= 0.6 is 0 Å². The van der Waals surface area contributed by atoms with Crippen LogP contribution in [-0.2, 0) is 6.42 Å². The van der Waals surface area contributed by atoms with E-state index in [0.29, 0.717) is 6.04 Å². The van der Waals surface area contributed by atoms with Crippen molar-refractivity contribution in [1.82, 2.24) is 4.90 Å². The molecule has 0 radical (unpaired) electrons. The topological polar surface area (TPSA) is 3.24 Å². The van der Waals surface area contributed by atoms with Gasteiger partial charge in [-0.05, 0) is 38.1 Å². The Hall–Kier alpha value is -0.820. The van der Waals surface area contributed by atoms with E-state index < -0.39 is 0 Å². The molecule has 1 heteroatoms. The molecule has 1 aliphatic rings. The maximum absolute atomic E-state index is 2.31. The number of benzene rings is 1. The Balaban J connectivity index is 2.36. The summed E-state index contributed by atoms with van der Waals surface area (Å²) in [5.41, 5.74) is 3.07. The Bertz CT molecular complexity index is 278. The Kier molecular flexibility index (Phi) is 1.89. The molecule has 0 aliphatic heterocycles. The lowest BCUT2D eigenvalue weighted by Gasteiger charge is -2.19. The van der Waals surface area contributed by atoms with Crippen molar-refractivity contribution in [3.05, 3.63) is 35.4 Å². The van der Waals surface area contributed by atoms with Gasteiger partial charge in [0.15, 0.2) is 0 Å². The molecule has 0 fully saturated rings. The molecule has 64 valence electrons. The summed E-state index contributed by atoms with van der Waals surface area (Å²) in [6.07, 6.45) is 2.53. The molecule has 1 aromatic carbocycles. The van der Waals surface area contributed by atoms with Gasteiger partial charge in [-0.3, -0.25) is 0 Å². The summed E-state index contributed by atoms with van der Waals surface area (Å²) in [5, 5.41) is 0. The van der Waals surface area contributed by atoms with Crippen LogP contribution in [0.3, 0.4) is 0 Å². The molecule has 12 heavy (non-hydrogen) atoms. The van der Waals surface area contributed by atoms with E-state index in [2.05, 4.69) is 43.3 Å². The maximum Gasteiger partial charge on any atom is 0.0347 e. The van der Waals surface area contributed by atoms with Crippen molar-refractivity contribution >= 4 is 0 Å². The minimum Gasteiger partial charge on any atom is -0.302 e. The van der Waals surface area contributed by atoms with Gasteiger partial charge in [-0.15, -0.1) is 0 Å². The molecule has 1 nitrogen and oxygen atoms in total. The molecule has 1 aliphatic carbocycles. The average molecular weight is 161 g/mol. The second-order valence-corrected chi connectivity index (χ2v) is 3.72. The molecule has 0 N–H and O–H groups in total. The number of hydrogen-bond donors (Lipinski definition) is 0. The predicted molar refractivity (Wildman–Crippen MR) is 51.2 cm³/mol. The van der Waals surface area contributed by atoms with E-state index in [-0.39, 0.29) is 0 Å². The van der Waals surface area contributed by atoms with Gasteiger partial charge in [0, 0.05) is 6.04 Å². The molecule has 0 bridgehead atoms. The minimum absolute atomic E-state index is 0.654. The molecule has 0 heterocycles. The van der Waals surface area contributed by atoms with Gasteiger partial charge in [0.05, 0.1) is 0 Å². The molecular weight excluding hydrogens is 146 g/mol. The number of fused-ring (bicyclic) bond motifs is 1. The standard InChI is InChI=1S/C11H15N/c1-12(2)11-8-7-9-5-3-4-6-10(9)11/h3-6,11H,7-8H2,1-2H3/t11-/m1/s1. The number of aryl methyl sites for hydroxylation is 1. The third-order valence-electron chi connectivity index (χ3n) is 2.72. The summed E-state index contributed by atoms with van der Waals surface area (Å²) < 4.78 is 0. The van der Waals surface area contributed by atoms with Crippen LogP contribution in [0, 0.1) is 0 Å². The SMILES string of the molecule is CN(C)[C@@H]1CCc2ccccc21. The molecule has 0 saturated heterocycles. The van der Waals surface area contributed by atoms with E-state index in [1.807, 2.05) is 0 Å². The zero-order valence-electron chi connectivity index (χ0n) is 7.75. The fourth-order valence-electron chi connectivity index (χ4n) is 2.07. The zero-order chi connectivity index (χ0) is 8.55. The summed E-state index contributed by atoms with van der Waals surface area (Å²) in [7, 11) is 4.32. The van der Waals surface area contributed by atoms with Crippen LogP contribution in [0.25, 0.3) is 0 Å². The van der Waals surface area contributed by atoms with Crippen LogP contribution in [0.2, 0.25) is 0 Å². The molecule has 0 unspecified atom stereocenters. The molecule has 0 amide bonds. The molecular formula is C11H15N. The Morgan fingerprint density at radius 2 is 2.00 bits per heavy atom. The second-order valence-electron chi connectivity index (χ2n) is 3.72. The van der Waals surface area contributed by atoms with Crippen molar-refractivity contribution in [2.24, 2.45) is 0 Å². The third-order valence-corrected chi connectivity index (χ3v) is 2.72. The molecule has 0 aromatic heterocycles. The van der Waals surface area contributed by atoms with Gasteiger partial charge in [0.25, 0.3) is 0 Å². The van der Waals surface area contributed by atoms with Crippen molar-refractivity contribution in [2.75, 3.05) is 14.1 Å². The quantitative estimate of drug-likeness (QED) is 0.610. The summed E-state index contributed by atoms with van der Waals surface area (Å²) >= 11 is 0. The van der Waals surface area contributed by atoms with Crippen LogP contribution in [0.1, 0.15) is 23.6 Å². The monoisotopic (exact) mass is 161 g/mol. The molecule has 0 saturated carbocycles. The fraction of sp³-hybridized carbons (Fsp3) is 0.455. The Labute approximate surface area is 74.0 Å². The van der Waals surface area contributed by atoms with E-state index >= 15 is 0 Å². The third kappa shape index (κ3) is 1.14. The smallest absolute Gasteiger partial charge is 0.0347 e. The van der Waals surface area contributed by atoms with Gasteiger partial charge < -0.3 is 4.90 Å². The largest absolute Gasteiger partial charge is 0.302 e. The summed E-state index contributed by atoms with van der Waals surface area (Å²) in [6, 6.07) is 9.44. The van der Waals surface area contributed by atoms with Gasteiger partial charge >= 0.3 is 0 Å². The van der Waals surface area contributed by atoms with Crippen molar-refractivity contribution in [1.29, 1.82) is 0 Å². The van der Waals surface area contributed by atoms with Crippen LogP contribution in [0.5, 0.6) is 0 Å². The van der Waals surface area contributed by atoms with Gasteiger partial charge in [0.1, 0.15) is 0 Å². The highest BCUT2D eigenvalue weighted by Gasteiger charge is 2.22. The molecule has 1 atom stereocenters. The van der Waals surface area contributed by atoms with Gasteiger partial charge in [-0.1, -0.05) is 24.3 Å². The lowest BCUT2D eigenvalue weighted by molar-refractivity contribution is 0.299. The van der Waals surface area contributed by atoms with Crippen LogP contribution in [0.15, 0.2) is 24.3 Å². The summed E-state index contributed by atoms with van der Waals surface area (Å²) in [6.45, 7) is 0. The molecule has 0 spiro atoms. The molecule has 2 rings (SSSR count). The van der Waals surface area contributed by atoms with E-state index in [1.54, 1.807) is 0 Å². The highest BCUT2D eigenvalue weighted by atomic mass is 15.1. The first-order valence-electron chi connectivity index (χ1n) is 4.53. The van der Waals surface area contributed by atoms with Crippen molar-refractivity contribution < 1.29 is 0 Å². The Morgan fingerprint density at radius 1 is 1.25 bits per heavy atom. The van der Waals surface area contributed by atoms with E-state index in [4.69, 9.17) is 0 Å². The van der Waals surface area contributed by atoms with E-state index in [9.17, 15) is 0 Å². The van der Waals surface area contributed by atoms with Gasteiger partial charge in [-0.25, -0.2) is 0 Å². The minimum atomic E-state index is 0.654. The van der Waals surface area contributed by atoms with E-state index in [0.717, 1.165) is 0 Å². The van der Waals surface area contributed by atoms with Crippen LogP contribution in [0.4, 0.5) is 0 Å². The Morgan fingerprint density at radius 3 is 2.75 bits per heavy atom. The van der Waals surface area contributed by atoms with Gasteiger partial charge in [0.2, 0.25) is 0 Å². The second kappa shape index (κ2) is 2.91. The number of nitrogens with zero attached hydrogens (tertiary/aromatic N) is 1. The normalized spacial score (nSPS) is 21.4. The average Bonchev–Trinajstić information content (AvgIpc) is 2.47. The highest BCUT2D eigenvalue weighted by Crippen LogP contribution is 2.33. The molecule has 1 aromatic rings. The lowest BCUT2D eigenvalue weighted by atomic mass is 10.1. The fourth-order valence-corrected chi connectivity index (χ4v) is 2.07. The first kappa shape index (κ1) is 7.81. The maximum atomic E-state index is 2.31. The van der Waals surface area contributed by atoms with E-state index in [1.165, 1.54) is 24.0 Å². The van der Waals surface area contributed by atoms with Crippen molar-refractivity contribution in [2.45, 2.75) is 18.9 Å². The first-order chi connectivity index (χ1) is 5.79. The summed E-state index contributed by atoms with van der Waals surface area (Å²) in [4.78, 5) is 2.31. The van der Waals surface area contributed by atoms with Crippen molar-refractivity contribution in [3.8, 4) is 0 Å². The lowest BCUT2D eigenvalue weighted by Crippen LogP contribution is -2.17. The van der Waals surface area contributed by atoms with Crippen LogP contribution < -0.4 is 0 Å². The summed E-state index contributed by atoms with van der Waals surface area (Å²) in [5.74, 6) is 0. The first-order valence-corrected chi connectivity index (χ1v) is 4.53. The van der Waals surface area contributed by atoms with Crippen LogP contribution in [-0.4, -0.2) is 19.0 Å². The number of rotatable bonds is 1. The van der Waals surface area contributed by atoms with Crippen molar-refractivity contribution in [3.63, 3.8) is 0 Å². The number of hydrogen-bond acceptors (Lipinski definition) is 1. The predicted octanol–water partition coefficient (Wildman–Crippen LogP) is 2.24. The zero-order valence-corrected chi connectivity index (χ0v) is 7.75. The van der Waals surface area contributed by atoms with Gasteiger partial charge in [-0.2, -0.15) is 0 Å². The highest BCUT2D eigenvalue weighted by molar-refractivity contribution is 5.34.